The molecular weight excluding hydrogens is 368 g/mol. The van der Waals surface area contributed by atoms with Crippen LogP contribution in [-0.2, 0) is 12.3 Å². The van der Waals surface area contributed by atoms with Crippen molar-refractivity contribution in [1.82, 2.24) is 4.57 Å². The quantitative estimate of drug-likeness (QED) is 0.214. The molecular formula is C23H20N2O2S. The number of nitrogens with zero attached hydrogens (tertiary/aromatic N) is 2. The number of non-ortho nitro benzene ring substituents is 1. The lowest BCUT2D eigenvalue weighted by atomic mass is 10.0. The third-order valence-electron chi connectivity index (χ3n) is 4.86. The fraction of sp³-hybridized carbons (Fsp3) is 0.130. The highest BCUT2D eigenvalue weighted by Gasteiger charge is 2.20. The SMILES string of the molecule is CCn1c(CSc2ccccc2)c(-c2ccccc2)c2cc([N+](=O)[O-])ccc21. The molecule has 4 rings (SSSR count). The summed E-state index contributed by atoms with van der Waals surface area (Å²) < 4.78 is 2.28. The Bertz CT molecular complexity index is 1120. The number of fused-ring (bicyclic) bond motifs is 1. The largest absolute Gasteiger partial charge is 0.343 e. The molecule has 0 atom stereocenters. The van der Waals surface area contributed by atoms with Crippen molar-refractivity contribution in [2.75, 3.05) is 0 Å². The number of hydrogen-bond donors (Lipinski definition) is 0. The number of aryl methyl sites for hydroxylation is 1. The molecule has 0 saturated carbocycles. The van der Waals surface area contributed by atoms with E-state index in [4.69, 9.17) is 0 Å². The Morgan fingerprint density at radius 2 is 1.64 bits per heavy atom. The Morgan fingerprint density at radius 1 is 0.964 bits per heavy atom. The van der Waals surface area contributed by atoms with Crippen LogP contribution in [0, 0.1) is 10.1 Å². The van der Waals surface area contributed by atoms with Gasteiger partial charge in [0.15, 0.2) is 0 Å². The second-order valence-electron chi connectivity index (χ2n) is 6.49. The van der Waals surface area contributed by atoms with E-state index in [1.165, 1.54) is 10.6 Å². The monoisotopic (exact) mass is 388 g/mol. The average molecular weight is 388 g/mol. The molecule has 3 aromatic carbocycles. The molecule has 140 valence electrons. The minimum Gasteiger partial charge on any atom is -0.343 e. The Morgan fingerprint density at radius 3 is 2.29 bits per heavy atom. The van der Waals surface area contributed by atoms with Crippen molar-refractivity contribution in [1.29, 1.82) is 0 Å². The number of thioether (sulfide) groups is 1. The van der Waals surface area contributed by atoms with Crippen LogP contribution in [0.5, 0.6) is 0 Å². The first-order chi connectivity index (χ1) is 13.7. The van der Waals surface area contributed by atoms with E-state index in [0.29, 0.717) is 0 Å². The zero-order valence-corrected chi connectivity index (χ0v) is 16.4. The van der Waals surface area contributed by atoms with E-state index >= 15 is 0 Å². The molecule has 0 amide bonds. The average Bonchev–Trinajstić information content (AvgIpc) is 3.06. The van der Waals surface area contributed by atoms with Crippen LogP contribution in [0.25, 0.3) is 22.0 Å². The predicted molar refractivity (Wildman–Crippen MR) is 116 cm³/mol. The number of benzene rings is 3. The van der Waals surface area contributed by atoms with Crippen LogP contribution in [0.2, 0.25) is 0 Å². The predicted octanol–water partition coefficient (Wildman–Crippen LogP) is 6.53. The molecule has 4 aromatic rings. The lowest BCUT2D eigenvalue weighted by Crippen LogP contribution is -2.00. The summed E-state index contributed by atoms with van der Waals surface area (Å²) in [5, 5.41) is 12.3. The van der Waals surface area contributed by atoms with Gasteiger partial charge in [-0.1, -0.05) is 48.5 Å². The van der Waals surface area contributed by atoms with E-state index in [-0.39, 0.29) is 10.6 Å². The molecule has 0 N–H and O–H groups in total. The molecule has 0 saturated heterocycles. The van der Waals surface area contributed by atoms with E-state index in [0.717, 1.165) is 34.3 Å². The molecule has 0 spiro atoms. The molecule has 0 unspecified atom stereocenters. The summed E-state index contributed by atoms with van der Waals surface area (Å²) in [7, 11) is 0. The number of aromatic nitrogens is 1. The van der Waals surface area contributed by atoms with Gasteiger partial charge in [-0.25, -0.2) is 0 Å². The van der Waals surface area contributed by atoms with Crippen LogP contribution in [0.15, 0.2) is 83.8 Å². The van der Waals surface area contributed by atoms with Crippen LogP contribution >= 0.6 is 11.8 Å². The molecule has 5 heteroatoms. The van der Waals surface area contributed by atoms with Crippen molar-refractivity contribution in [3.63, 3.8) is 0 Å². The van der Waals surface area contributed by atoms with E-state index in [9.17, 15) is 10.1 Å². The van der Waals surface area contributed by atoms with Gasteiger partial charge in [0.05, 0.1) is 4.92 Å². The summed E-state index contributed by atoms with van der Waals surface area (Å²) in [5.74, 6) is 0.796. The summed E-state index contributed by atoms with van der Waals surface area (Å²) in [4.78, 5) is 12.2. The number of rotatable bonds is 6. The Balaban J connectivity index is 1.91. The standard InChI is InChI=1S/C23H20N2O2S/c1-2-24-21-14-13-18(25(26)27)15-20(21)23(17-9-5-3-6-10-17)22(24)16-28-19-11-7-4-8-12-19/h3-15H,2,16H2,1H3. The molecule has 0 radical (unpaired) electrons. The number of hydrogen-bond acceptors (Lipinski definition) is 3. The zero-order valence-electron chi connectivity index (χ0n) is 15.5. The van der Waals surface area contributed by atoms with Gasteiger partial charge in [-0.05, 0) is 30.7 Å². The van der Waals surface area contributed by atoms with Gasteiger partial charge in [-0.2, -0.15) is 0 Å². The lowest BCUT2D eigenvalue weighted by molar-refractivity contribution is -0.384. The first-order valence-electron chi connectivity index (χ1n) is 9.22. The maximum Gasteiger partial charge on any atom is 0.270 e. The number of nitro benzene ring substituents is 1. The minimum absolute atomic E-state index is 0.125. The van der Waals surface area contributed by atoms with Gasteiger partial charge >= 0.3 is 0 Å². The van der Waals surface area contributed by atoms with E-state index in [2.05, 4.69) is 35.8 Å². The molecule has 1 aromatic heterocycles. The summed E-state index contributed by atoms with van der Waals surface area (Å²) in [5.41, 5.74) is 4.53. The highest BCUT2D eigenvalue weighted by Crippen LogP contribution is 2.39. The Hall–Kier alpha value is -3.05. The van der Waals surface area contributed by atoms with Crippen molar-refractivity contribution in [2.45, 2.75) is 24.1 Å². The summed E-state index contributed by atoms with van der Waals surface area (Å²) >= 11 is 1.78. The van der Waals surface area contributed by atoms with Gasteiger partial charge in [0.2, 0.25) is 0 Å². The zero-order chi connectivity index (χ0) is 19.5. The smallest absolute Gasteiger partial charge is 0.270 e. The first-order valence-corrected chi connectivity index (χ1v) is 10.2. The third-order valence-corrected chi connectivity index (χ3v) is 5.89. The first kappa shape index (κ1) is 18.3. The van der Waals surface area contributed by atoms with Crippen LogP contribution in [0.3, 0.4) is 0 Å². The Labute approximate surface area is 168 Å². The van der Waals surface area contributed by atoms with Gasteiger partial charge in [0, 0.05) is 51.5 Å². The van der Waals surface area contributed by atoms with Gasteiger partial charge in [0.1, 0.15) is 0 Å². The normalized spacial score (nSPS) is 11.0. The van der Waals surface area contributed by atoms with Gasteiger partial charge < -0.3 is 4.57 Å². The minimum atomic E-state index is -0.324. The van der Waals surface area contributed by atoms with Crippen molar-refractivity contribution in [2.24, 2.45) is 0 Å². The van der Waals surface area contributed by atoms with Crippen molar-refractivity contribution < 1.29 is 4.92 Å². The molecule has 0 aliphatic heterocycles. The van der Waals surface area contributed by atoms with Crippen LogP contribution in [-0.4, -0.2) is 9.49 Å². The molecule has 0 aliphatic rings. The maximum absolute atomic E-state index is 11.4. The maximum atomic E-state index is 11.4. The second-order valence-corrected chi connectivity index (χ2v) is 7.54. The molecule has 1 heterocycles. The molecule has 28 heavy (non-hydrogen) atoms. The second kappa shape index (κ2) is 7.90. The van der Waals surface area contributed by atoms with Crippen LogP contribution in [0.4, 0.5) is 5.69 Å². The van der Waals surface area contributed by atoms with Crippen molar-refractivity contribution in [3.8, 4) is 11.1 Å². The van der Waals surface area contributed by atoms with Crippen LogP contribution in [0.1, 0.15) is 12.6 Å². The van der Waals surface area contributed by atoms with E-state index in [1.807, 2.05) is 42.5 Å². The van der Waals surface area contributed by atoms with E-state index in [1.54, 1.807) is 23.9 Å². The fourth-order valence-corrected chi connectivity index (χ4v) is 4.57. The third kappa shape index (κ3) is 3.41. The van der Waals surface area contributed by atoms with E-state index < -0.39 is 0 Å². The van der Waals surface area contributed by atoms with Gasteiger partial charge in [-0.3, -0.25) is 10.1 Å². The Kier molecular flexibility index (Phi) is 5.17. The molecule has 0 bridgehead atoms. The molecule has 0 aliphatic carbocycles. The van der Waals surface area contributed by atoms with Crippen molar-refractivity contribution >= 4 is 28.4 Å². The van der Waals surface area contributed by atoms with Gasteiger partial charge in [-0.15, -0.1) is 11.8 Å². The van der Waals surface area contributed by atoms with Crippen LogP contribution < -0.4 is 0 Å². The lowest BCUT2D eigenvalue weighted by Gasteiger charge is -2.11. The summed E-state index contributed by atoms with van der Waals surface area (Å²) in [6, 6.07) is 25.6. The summed E-state index contributed by atoms with van der Waals surface area (Å²) in [6.45, 7) is 2.93. The summed E-state index contributed by atoms with van der Waals surface area (Å²) in [6.07, 6.45) is 0. The topological polar surface area (TPSA) is 48.1 Å². The molecule has 0 fully saturated rings. The fourth-order valence-electron chi connectivity index (χ4n) is 3.62. The van der Waals surface area contributed by atoms with Crippen molar-refractivity contribution in [3.05, 3.63) is 94.7 Å². The highest BCUT2D eigenvalue weighted by molar-refractivity contribution is 7.98. The highest BCUT2D eigenvalue weighted by atomic mass is 32.2. The number of nitro groups is 1. The molecule has 4 nitrogen and oxygen atoms in total. The van der Waals surface area contributed by atoms with Gasteiger partial charge in [0.25, 0.3) is 5.69 Å².